The molecule has 0 saturated carbocycles. The Hall–Kier alpha value is -4.55. The van der Waals surface area contributed by atoms with Gasteiger partial charge in [0, 0.05) is 38.9 Å². The number of allylic oxidation sites excluding steroid dienone is 2. The van der Waals surface area contributed by atoms with Gasteiger partial charge < -0.3 is 15.3 Å². The number of nitrogens with zero attached hydrogens (tertiary/aromatic N) is 6. The van der Waals surface area contributed by atoms with Crippen LogP contribution in [0.3, 0.4) is 0 Å². The van der Waals surface area contributed by atoms with Gasteiger partial charge in [0.25, 0.3) is 0 Å². The van der Waals surface area contributed by atoms with E-state index in [-0.39, 0.29) is 17.9 Å². The number of aliphatic imine (C=N–C) groups is 2. The average Bonchev–Trinajstić information content (AvgIpc) is 2.94. The fourth-order valence-corrected chi connectivity index (χ4v) is 3.84. The lowest BCUT2D eigenvalue weighted by molar-refractivity contribution is -0.135. The first-order valence-corrected chi connectivity index (χ1v) is 13.1. The molecule has 2 aromatic heterocycles. The van der Waals surface area contributed by atoms with Gasteiger partial charge in [-0.2, -0.15) is 0 Å². The van der Waals surface area contributed by atoms with Crippen LogP contribution in [0, 0.1) is 0 Å². The maximum atomic E-state index is 11.5. The van der Waals surface area contributed by atoms with Crippen LogP contribution in [-0.4, -0.2) is 97.6 Å². The van der Waals surface area contributed by atoms with Gasteiger partial charge in [0.05, 0.1) is 22.8 Å². The number of aliphatic carboxylic acids is 1. The molecule has 0 unspecified atom stereocenters. The summed E-state index contributed by atoms with van der Waals surface area (Å²) in [5.74, 6) is -3.25. The van der Waals surface area contributed by atoms with Gasteiger partial charge in [-0.05, 0) is 50.2 Å². The zero-order chi connectivity index (χ0) is 30.2. The van der Waals surface area contributed by atoms with Crippen LogP contribution in [0.2, 0.25) is 0 Å². The number of aromatic nitrogens is 2. The maximum Gasteiger partial charge on any atom is 0.354 e. The molecule has 0 aliphatic carbocycles. The molecule has 0 atom stereocenters. The van der Waals surface area contributed by atoms with Crippen LogP contribution in [0.1, 0.15) is 52.6 Å². The first-order chi connectivity index (χ1) is 19.6. The highest BCUT2D eigenvalue weighted by atomic mass is 16.4. The molecule has 0 saturated heterocycles. The summed E-state index contributed by atoms with van der Waals surface area (Å²) in [5, 5.41) is 27.5. The number of hydrogen-bond donors (Lipinski definition) is 3. The normalized spacial score (nSPS) is 12.3. The van der Waals surface area contributed by atoms with Crippen LogP contribution in [-0.2, 0) is 17.9 Å². The predicted octanol–water partition coefficient (Wildman–Crippen LogP) is 3.27. The van der Waals surface area contributed by atoms with Gasteiger partial charge in [-0.15, -0.1) is 0 Å². The van der Waals surface area contributed by atoms with Crippen molar-refractivity contribution in [3.8, 4) is 0 Å². The molecule has 2 aromatic rings. The van der Waals surface area contributed by atoms with E-state index in [1.165, 1.54) is 18.3 Å². The molecule has 3 N–H and O–H groups in total. The molecule has 41 heavy (non-hydrogen) atoms. The van der Waals surface area contributed by atoms with Crippen molar-refractivity contribution in [1.29, 1.82) is 0 Å². The summed E-state index contributed by atoms with van der Waals surface area (Å²) in [6, 6.07) is 9.76. The molecule has 0 aliphatic heterocycles. The van der Waals surface area contributed by atoms with Crippen LogP contribution in [0.4, 0.5) is 0 Å². The van der Waals surface area contributed by atoms with Crippen molar-refractivity contribution in [3.05, 3.63) is 83.6 Å². The summed E-state index contributed by atoms with van der Waals surface area (Å²) < 4.78 is 0. The quantitative estimate of drug-likeness (QED) is 0.228. The van der Waals surface area contributed by atoms with E-state index in [1.807, 2.05) is 0 Å². The number of aromatic carboxylic acids is 2. The van der Waals surface area contributed by atoms with Crippen LogP contribution >= 0.6 is 0 Å². The molecule has 0 bridgehead atoms. The molecule has 218 valence electrons. The van der Waals surface area contributed by atoms with Crippen LogP contribution in [0.25, 0.3) is 0 Å². The van der Waals surface area contributed by atoms with Crippen molar-refractivity contribution in [2.75, 3.05) is 32.7 Å². The largest absolute Gasteiger partial charge is 0.480 e. The Labute approximate surface area is 239 Å². The van der Waals surface area contributed by atoms with Crippen LogP contribution in [0.15, 0.2) is 70.8 Å². The topological polar surface area (TPSA) is 169 Å². The average molecular weight is 565 g/mol. The van der Waals surface area contributed by atoms with Crippen molar-refractivity contribution in [1.82, 2.24) is 19.8 Å². The van der Waals surface area contributed by atoms with Gasteiger partial charge >= 0.3 is 17.9 Å². The molecule has 0 amide bonds. The maximum absolute atomic E-state index is 11.5. The second-order valence-electron chi connectivity index (χ2n) is 9.01. The van der Waals surface area contributed by atoms with Gasteiger partial charge in [-0.3, -0.25) is 24.6 Å². The monoisotopic (exact) mass is 564 g/mol. The summed E-state index contributed by atoms with van der Waals surface area (Å²) in [5.41, 5.74) is 2.23. The Balaban J connectivity index is 2.28. The van der Waals surface area contributed by atoms with Crippen molar-refractivity contribution in [2.45, 2.75) is 33.4 Å². The Bertz CT molecular complexity index is 1310. The lowest BCUT2D eigenvalue weighted by Gasteiger charge is -2.27. The van der Waals surface area contributed by atoms with Crippen molar-refractivity contribution < 1.29 is 29.7 Å². The van der Waals surface area contributed by atoms with E-state index in [0.29, 0.717) is 55.5 Å². The van der Waals surface area contributed by atoms with Crippen molar-refractivity contribution >= 4 is 29.8 Å². The highest BCUT2D eigenvalue weighted by molar-refractivity contribution is 5.99. The molecular weight excluding hydrogens is 528 g/mol. The molecule has 0 fully saturated rings. The Morgan fingerprint density at radius 3 is 1.95 bits per heavy atom. The van der Waals surface area contributed by atoms with Gasteiger partial charge in [0.2, 0.25) is 0 Å². The van der Waals surface area contributed by atoms with Crippen LogP contribution in [0.5, 0.6) is 0 Å². The molecule has 2 rings (SSSR count). The number of carboxylic acids is 3. The third-order valence-electron chi connectivity index (χ3n) is 5.74. The standard InChI is InChI=1S/C29H36N6O6/c1-4-13-34(19-23-9-7-11-25(32-23)28(38)39)14-15-35(20-24-10-8-12-26(33-24)29(40)41)18-22(6-3)31-21(5-2)16-30-17-27(36)37/h5-12,16H,3-4,13-15,17-20H2,1-2H3,(H,36,37)(H,38,39)(H,40,41)/b21-5-,30-16?,31-22?. The number of carbonyl (C=O) groups is 3. The number of pyridine rings is 2. The van der Waals surface area contributed by atoms with E-state index in [4.69, 9.17) is 5.11 Å². The molecular formula is C29H36N6O6. The minimum Gasteiger partial charge on any atom is -0.480 e. The zero-order valence-electron chi connectivity index (χ0n) is 23.3. The summed E-state index contributed by atoms with van der Waals surface area (Å²) >= 11 is 0. The lowest BCUT2D eigenvalue weighted by Crippen LogP contribution is -2.38. The Kier molecular flexibility index (Phi) is 13.7. The first-order valence-electron chi connectivity index (χ1n) is 13.1. The minimum absolute atomic E-state index is 0.0107. The first kappa shape index (κ1) is 32.7. The third-order valence-corrected chi connectivity index (χ3v) is 5.74. The summed E-state index contributed by atoms with van der Waals surface area (Å²) in [6.45, 7) is 10.4. The van der Waals surface area contributed by atoms with Crippen molar-refractivity contribution in [2.24, 2.45) is 9.98 Å². The SMILES string of the molecule is C=CC(CN(CCN(CCC)Cc1cccc(C(=O)O)n1)Cc1cccc(C(=O)O)n1)=N/C(C=NCC(=O)O)=C\C. The Morgan fingerprint density at radius 1 is 0.902 bits per heavy atom. The van der Waals surface area contributed by atoms with E-state index in [9.17, 15) is 24.6 Å². The Morgan fingerprint density at radius 2 is 1.46 bits per heavy atom. The summed E-state index contributed by atoms with van der Waals surface area (Å²) in [7, 11) is 0. The van der Waals surface area contributed by atoms with Crippen molar-refractivity contribution in [3.63, 3.8) is 0 Å². The number of carboxylic acid groups (broad SMARTS) is 3. The number of rotatable bonds is 18. The molecule has 0 radical (unpaired) electrons. The van der Waals surface area contributed by atoms with Gasteiger partial charge in [0.1, 0.15) is 17.9 Å². The van der Waals surface area contributed by atoms with Gasteiger partial charge in [-0.25, -0.2) is 19.6 Å². The lowest BCUT2D eigenvalue weighted by atomic mass is 10.2. The third kappa shape index (κ3) is 12.0. The zero-order valence-corrected chi connectivity index (χ0v) is 23.3. The van der Waals surface area contributed by atoms with E-state index in [0.717, 1.165) is 13.0 Å². The molecule has 12 nitrogen and oxygen atoms in total. The highest BCUT2D eigenvalue weighted by Gasteiger charge is 2.15. The highest BCUT2D eigenvalue weighted by Crippen LogP contribution is 2.09. The van der Waals surface area contributed by atoms with E-state index in [2.05, 4.69) is 43.3 Å². The number of hydrogen-bond acceptors (Lipinski definition) is 9. The fourth-order valence-electron chi connectivity index (χ4n) is 3.84. The predicted molar refractivity (Wildman–Crippen MR) is 156 cm³/mol. The minimum atomic E-state index is -1.12. The molecule has 0 aliphatic rings. The molecule has 0 aromatic carbocycles. The van der Waals surface area contributed by atoms with Gasteiger partial charge in [0.15, 0.2) is 0 Å². The van der Waals surface area contributed by atoms with Crippen LogP contribution < -0.4 is 0 Å². The molecule has 12 heteroatoms. The summed E-state index contributed by atoms with van der Waals surface area (Å²) in [4.78, 5) is 54.8. The van der Waals surface area contributed by atoms with E-state index in [1.54, 1.807) is 43.3 Å². The molecule has 0 spiro atoms. The van der Waals surface area contributed by atoms with E-state index >= 15 is 0 Å². The second kappa shape index (κ2) is 17.2. The fraction of sp³-hybridized carbons (Fsp3) is 0.345. The summed E-state index contributed by atoms with van der Waals surface area (Å²) in [6.07, 6.45) is 5.58. The smallest absolute Gasteiger partial charge is 0.354 e. The van der Waals surface area contributed by atoms with E-state index < -0.39 is 17.9 Å². The molecule has 2 heterocycles. The second-order valence-corrected chi connectivity index (χ2v) is 9.01. The van der Waals surface area contributed by atoms with Gasteiger partial charge in [-0.1, -0.05) is 31.7 Å².